The Morgan fingerprint density at radius 2 is 1.53 bits per heavy atom. The van der Waals surface area contributed by atoms with E-state index in [-0.39, 0.29) is 11.4 Å². The molecule has 0 atom stereocenters. The Kier molecular flexibility index (Phi) is 6.87. The molecular formula is C25H20FNO4S. The molecule has 1 heterocycles. The first kappa shape index (κ1) is 21.6. The van der Waals surface area contributed by atoms with Crippen LogP contribution in [-0.4, -0.2) is 29.3 Å². The number of halogens is 1. The summed E-state index contributed by atoms with van der Waals surface area (Å²) in [5, 5.41) is -0.421. The molecule has 32 heavy (non-hydrogen) atoms. The summed E-state index contributed by atoms with van der Waals surface area (Å²) in [5.74, 6) is 0.513. The van der Waals surface area contributed by atoms with Gasteiger partial charge in [0, 0.05) is 5.56 Å². The minimum atomic E-state index is -0.448. The number of amides is 2. The van der Waals surface area contributed by atoms with Gasteiger partial charge in [0.25, 0.3) is 11.1 Å². The van der Waals surface area contributed by atoms with Gasteiger partial charge < -0.3 is 9.47 Å². The minimum absolute atomic E-state index is 0.0980. The summed E-state index contributed by atoms with van der Waals surface area (Å²) in [4.78, 5) is 26.4. The number of para-hydroxylation sites is 1. The second-order valence-electron chi connectivity index (χ2n) is 6.94. The van der Waals surface area contributed by atoms with Gasteiger partial charge in [-0.3, -0.25) is 14.5 Å². The molecule has 162 valence electrons. The number of ether oxygens (including phenoxy) is 2. The van der Waals surface area contributed by atoms with Gasteiger partial charge in [0.2, 0.25) is 0 Å². The van der Waals surface area contributed by atoms with Crippen molar-refractivity contribution in [3.63, 3.8) is 0 Å². The van der Waals surface area contributed by atoms with E-state index in [1.807, 2.05) is 48.5 Å². The molecule has 1 saturated heterocycles. The van der Waals surface area contributed by atoms with Crippen LogP contribution in [0.15, 0.2) is 83.8 Å². The highest BCUT2D eigenvalue weighted by molar-refractivity contribution is 8.18. The third kappa shape index (κ3) is 5.36. The SMILES string of the molecule is O=C1SC(=Cc2cccc(OCCOc3ccccc3)c2)C(=O)N1Cc1ccccc1F. The first-order chi connectivity index (χ1) is 15.6. The number of nitrogens with zero attached hydrogens (tertiary/aromatic N) is 1. The summed E-state index contributed by atoms with van der Waals surface area (Å²) in [7, 11) is 0. The Labute approximate surface area is 189 Å². The average Bonchev–Trinajstić information content (AvgIpc) is 3.06. The molecule has 5 nitrogen and oxygen atoms in total. The molecule has 7 heteroatoms. The van der Waals surface area contributed by atoms with Crippen LogP contribution >= 0.6 is 11.8 Å². The van der Waals surface area contributed by atoms with Gasteiger partial charge in [0.15, 0.2) is 0 Å². The van der Waals surface area contributed by atoms with Gasteiger partial charge >= 0.3 is 0 Å². The zero-order valence-electron chi connectivity index (χ0n) is 17.1. The van der Waals surface area contributed by atoms with Gasteiger partial charge in [-0.05, 0) is 53.7 Å². The molecule has 0 saturated carbocycles. The van der Waals surface area contributed by atoms with Crippen molar-refractivity contribution in [3.05, 3.63) is 101 Å². The van der Waals surface area contributed by atoms with Crippen LogP contribution in [0.25, 0.3) is 6.08 Å². The molecule has 1 aliphatic heterocycles. The molecule has 0 bridgehead atoms. The lowest BCUT2D eigenvalue weighted by atomic mass is 10.2. The molecule has 4 rings (SSSR count). The number of thioether (sulfide) groups is 1. The van der Waals surface area contributed by atoms with Gasteiger partial charge in [-0.15, -0.1) is 0 Å². The van der Waals surface area contributed by atoms with Crippen LogP contribution in [0.2, 0.25) is 0 Å². The third-order valence-corrected chi connectivity index (χ3v) is 5.59. The van der Waals surface area contributed by atoms with Gasteiger partial charge in [0.05, 0.1) is 11.4 Å². The van der Waals surface area contributed by atoms with Crippen molar-refractivity contribution in [1.82, 2.24) is 4.90 Å². The van der Waals surface area contributed by atoms with Crippen molar-refractivity contribution < 1.29 is 23.5 Å². The van der Waals surface area contributed by atoms with Crippen LogP contribution in [-0.2, 0) is 11.3 Å². The van der Waals surface area contributed by atoms with Crippen LogP contribution in [0.4, 0.5) is 9.18 Å². The van der Waals surface area contributed by atoms with E-state index in [9.17, 15) is 14.0 Å². The van der Waals surface area contributed by atoms with Crippen LogP contribution in [0, 0.1) is 5.82 Å². The Bertz CT molecular complexity index is 1150. The van der Waals surface area contributed by atoms with Crippen molar-refractivity contribution in [3.8, 4) is 11.5 Å². The quantitative estimate of drug-likeness (QED) is 0.335. The summed E-state index contributed by atoms with van der Waals surface area (Å²) in [6.45, 7) is 0.653. The zero-order valence-corrected chi connectivity index (χ0v) is 17.9. The predicted molar refractivity (Wildman–Crippen MR) is 122 cm³/mol. The number of hydrogen-bond donors (Lipinski definition) is 0. The molecule has 3 aromatic carbocycles. The Morgan fingerprint density at radius 3 is 2.31 bits per heavy atom. The third-order valence-electron chi connectivity index (χ3n) is 4.68. The molecule has 0 radical (unpaired) electrons. The van der Waals surface area contributed by atoms with Crippen LogP contribution in [0.5, 0.6) is 11.5 Å². The Hall–Kier alpha value is -3.58. The predicted octanol–water partition coefficient (Wildman–Crippen LogP) is 5.52. The number of carbonyl (C=O) groups excluding carboxylic acids is 2. The highest BCUT2D eigenvalue weighted by Crippen LogP contribution is 2.34. The second kappa shape index (κ2) is 10.2. The topological polar surface area (TPSA) is 55.8 Å². The summed E-state index contributed by atoms with van der Waals surface area (Å²) < 4.78 is 25.3. The van der Waals surface area contributed by atoms with E-state index in [0.29, 0.717) is 24.5 Å². The maximum atomic E-state index is 13.9. The largest absolute Gasteiger partial charge is 0.490 e. The number of rotatable bonds is 8. The number of hydrogen-bond acceptors (Lipinski definition) is 5. The van der Waals surface area contributed by atoms with E-state index in [4.69, 9.17) is 9.47 Å². The van der Waals surface area contributed by atoms with E-state index in [2.05, 4.69) is 0 Å². The fourth-order valence-electron chi connectivity index (χ4n) is 3.11. The maximum absolute atomic E-state index is 13.9. The monoisotopic (exact) mass is 449 g/mol. The molecule has 0 N–H and O–H groups in total. The van der Waals surface area contributed by atoms with Gasteiger partial charge in [-0.25, -0.2) is 4.39 Å². The number of imide groups is 1. The maximum Gasteiger partial charge on any atom is 0.293 e. The van der Waals surface area contributed by atoms with Gasteiger partial charge in [0.1, 0.15) is 30.5 Å². The summed E-state index contributed by atoms with van der Waals surface area (Å²) in [6, 6.07) is 22.8. The van der Waals surface area contributed by atoms with Crippen molar-refractivity contribution >= 4 is 29.0 Å². The number of benzene rings is 3. The van der Waals surface area contributed by atoms with Crippen molar-refractivity contribution in [2.75, 3.05) is 13.2 Å². The molecule has 0 spiro atoms. The average molecular weight is 450 g/mol. The lowest BCUT2D eigenvalue weighted by Crippen LogP contribution is -2.27. The lowest BCUT2D eigenvalue weighted by Gasteiger charge is -2.12. The Balaban J connectivity index is 1.37. The van der Waals surface area contributed by atoms with Crippen molar-refractivity contribution in [2.24, 2.45) is 0 Å². The Morgan fingerprint density at radius 1 is 0.844 bits per heavy atom. The fraction of sp³-hybridized carbons (Fsp3) is 0.120. The highest BCUT2D eigenvalue weighted by atomic mass is 32.2. The van der Waals surface area contributed by atoms with Crippen LogP contribution < -0.4 is 9.47 Å². The van der Waals surface area contributed by atoms with E-state index in [1.165, 1.54) is 6.07 Å². The minimum Gasteiger partial charge on any atom is -0.490 e. The standard InChI is InChI=1S/C25H20FNO4S/c26-22-12-5-4-8-19(22)17-27-24(28)23(32-25(27)29)16-18-7-6-11-21(15-18)31-14-13-30-20-9-2-1-3-10-20/h1-12,15-16H,13-14,17H2. The summed E-state index contributed by atoms with van der Waals surface area (Å²) in [5.41, 5.74) is 1.02. The lowest BCUT2D eigenvalue weighted by molar-refractivity contribution is -0.123. The molecular weight excluding hydrogens is 429 g/mol. The van der Waals surface area contributed by atoms with E-state index in [0.717, 1.165) is 28.0 Å². The van der Waals surface area contributed by atoms with E-state index in [1.54, 1.807) is 30.3 Å². The van der Waals surface area contributed by atoms with Crippen LogP contribution in [0.3, 0.4) is 0 Å². The highest BCUT2D eigenvalue weighted by Gasteiger charge is 2.35. The molecule has 0 aliphatic carbocycles. The molecule has 0 aromatic heterocycles. The molecule has 0 unspecified atom stereocenters. The molecule has 1 fully saturated rings. The van der Waals surface area contributed by atoms with Crippen molar-refractivity contribution in [2.45, 2.75) is 6.54 Å². The normalized spacial score (nSPS) is 14.8. The van der Waals surface area contributed by atoms with Crippen molar-refractivity contribution in [1.29, 1.82) is 0 Å². The fourth-order valence-corrected chi connectivity index (χ4v) is 3.95. The second-order valence-corrected chi connectivity index (χ2v) is 7.93. The first-order valence-electron chi connectivity index (χ1n) is 9.99. The number of carbonyl (C=O) groups is 2. The smallest absolute Gasteiger partial charge is 0.293 e. The summed E-state index contributed by atoms with van der Waals surface area (Å²) in [6.07, 6.45) is 1.64. The van der Waals surface area contributed by atoms with E-state index < -0.39 is 17.0 Å². The molecule has 3 aromatic rings. The van der Waals surface area contributed by atoms with Gasteiger partial charge in [-0.2, -0.15) is 0 Å². The van der Waals surface area contributed by atoms with Crippen LogP contribution in [0.1, 0.15) is 11.1 Å². The van der Waals surface area contributed by atoms with E-state index >= 15 is 0 Å². The first-order valence-corrected chi connectivity index (χ1v) is 10.8. The molecule has 1 aliphatic rings. The van der Waals surface area contributed by atoms with Gasteiger partial charge in [-0.1, -0.05) is 48.5 Å². The zero-order chi connectivity index (χ0) is 22.3. The molecule has 2 amide bonds. The summed E-state index contributed by atoms with van der Waals surface area (Å²) >= 11 is 0.842.